The summed E-state index contributed by atoms with van der Waals surface area (Å²) in [6.45, 7) is 2.11. The van der Waals surface area contributed by atoms with Gasteiger partial charge in [0.1, 0.15) is 6.61 Å². The molecule has 0 saturated heterocycles. The Kier molecular flexibility index (Phi) is 4.96. The van der Waals surface area contributed by atoms with Gasteiger partial charge in [-0.25, -0.2) is 0 Å². The first kappa shape index (κ1) is 14.6. The highest BCUT2D eigenvalue weighted by Crippen LogP contribution is 2.20. The van der Waals surface area contributed by atoms with E-state index in [1.165, 1.54) is 0 Å². The molecule has 0 atom stereocenters. The van der Waals surface area contributed by atoms with E-state index < -0.39 is 0 Å². The Bertz CT molecular complexity index is 677. The number of nitrogens with zero attached hydrogens (tertiary/aromatic N) is 3. The maximum atomic E-state index is 11.8. The zero-order valence-electron chi connectivity index (χ0n) is 11.7. The number of benzene rings is 2. The highest BCUT2D eigenvalue weighted by molar-refractivity contribution is 5.73. The summed E-state index contributed by atoms with van der Waals surface area (Å²) in [7, 11) is 0. The van der Waals surface area contributed by atoms with Crippen molar-refractivity contribution in [3.63, 3.8) is 0 Å². The maximum Gasteiger partial charge on any atom is 0.310 e. The van der Waals surface area contributed by atoms with Gasteiger partial charge in [0.2, 0.25) is 0 Å². The van der Waals surface area contributed by atoms with Gasteiger partial charge in [0, 0.05) is 10.6 Å². The molecule has 0 heterocycles. The number of rotatable bonds is 5. The fourth-order valence-electron chi connectivity index (χ4n) is 1.88. The monoisotopic (exact) mass is 281 g/mol. The van der Waals surface area contributed by atoms with E-state index in [9.17, 15) is 4.79 Å². The SMILES string of the molecule is Cc1ccc(CC(=O)OCc2ccccc2)cc1N=[N+]=[N-]. The third kappa shape index (κ3) is 4.37. The fraction of sp³-hybridized carbons (Fsp3) is 0.188. The van der Waals surface area contributed by atoms with Crippen molar-refractivity contribution in [1.29, 1.82) is 0 Å². The summed E-state index contributed by atoms with van der Waals surface area (Å²) in [5.41, 5.74) is 11.6. The highest BCUT2D eigenvalue weighted by Gasteiger charge is 2.07. The van der Waals surface area contributed by atoms with Crippen molar-refractivity contribution in [1.82, 2.24) is 0 Å². The van der Waals surface area contributed by atoms with Gasteiger partial charge in [-0.05, 0) is 35.2 Å². The van der Waals surface area contributed by atoms with Gasteiger partial charge in [-0.3, -0.25) is 4.79 Å². The average Bonchev–Trinajstić information content (AvgIpc) is 2.50. The van der Waals surface area contributed by atoms with Gasteiger partial charge < -0.3 is 4.74 Å². The standard InChI is InChI=1S/C16H15N3O2/c1-12-7-8-14(9-15(12)18-19-17)10-16(20)21-11-13-5-3-2-4-6-13/h2-9H,10-11H2,1H3. The van der Waals surface area contributed by atoms with E-state index in [-0.39, 0.29) is 19.0 Å². The van der Waals surface area contributed by atoms with Crippen LogP contribution in [-0.4, -0.2) is 5.97 Å². The molecule has 0 aliphatic heterocycles. The number of esters is 1. The Morgan fingerprint density at radius 2 is 1.95 bits per heavy atom. The van der Waals surface area contributed by atoms with Gasteiger partial charge in [-0.15, -0.1) is 0 Å². The molecule has 0 aromatic heterocycles. The number of azide groups is 1. The lowest BCUT2D eigenvalue weighted by Gasteiger charge is -2.06. The van der Waals surface area contributed by atoms with Crippen LogP contribution < -0.4 is 0 Å². The lowest BCUT2D eigenvalue weighted by Crippen LogP contribution is -2.08. The number of aryl methyl sites for hydroxylation is 1. The normalized spacial score (nSPS) is 9.76. The Morgan fingerprint density at radius 3 is 2.67 bits per heavy atom. The van der Waals surface area contributed by atoms with Crippen LogP contribution in [0.15, 0.2) is 53.6 Å². The number of carbonyl (C=O) groups excluding carboxylic acids is 1. The van der Waals surface area contributed by atoms with Crippen LogP contribution in [0.5, 0.6) is 0 Å². The zero-order valence-corrected chi connectivity index (χ0v) is 11.7. The van der Waals surface area contributed by atoms with Crippen molar-refractivity contribution in [2.45, 2.75) is 20.0 Å². The second kappa shape index (κ2) is 7.12. The first-order chi connectivity index (χ1) is 10.2. The zero-order chi connectivity index (χ0) is 15.1. The molecule has 0 aliphatic carbocycles. The summed E-state index contributed by atoms with van der Waals surface area (Å²) in [6, 6.07) is 14.9. The van der Waals surface area contributed by atoms with Gasteiger partial charge in [0.25, 0.3) is 0 Å². The van der Waals surface area contributed by atoms with E-state index >= 15 is 0 Å². The van der Waals surface area contributed by atoms with Crippen LogP contribution in [0.25, 0.3) is 10.4 Å². The Balaban J connectivity index is 1.96. The van der Waals surface area contributed by atoms with Crippen molar-refractivity contribution in [2.75, 3.05) is 0 Å². The summed E-state index contributed by atoms with van der Waals surface area (Å²) in [4.78, 5) is 14.6. The molecule has 2 rings (SSSR count). The van der Waals surface area contributed by atoms with Crippen molar-refractivity contribution in [3.05, 3.63) is 75.7 Å². The van der Waals surface area contributed by atoms with Crippen molar-refractivity contribution < 1.29 is 9.53 Å². The minimum Gasteiger partial charge on any atom is -0.461 e. The molecule has 5 heteroatoms. The number of hydrogen-bond donors (Lipinski definition) is 0. The molecule has 0 spiro atoms. The smallest absolute Gasteiger partial charge is 0.310 e. The Hall–Kier alpha value is -2.78. The molecular weight excluding hydrogens is 266 g/mol. The number of carbonyl (C=O) groups is 1. The van der Waals surface area contributed by atoms with E-state index in [2.05, 4.69) is 10.0 Å². The van der Waals surface area contributed by atoms with Crippen LogP contribution in [0.1, 0.15) is 16.7 Å². The summed E-state index contributed by atoms with van der Waals surface area (Å²) in [6.07, 6.45) is 0.154. The van der Waals surface area contributed by atoms with Crippen molar-refractivity contribution in [3.8, 4) is 0 Å². The van der Waals surface area contributed by atoms with Gasteiger partial charge >= 0.3 is 5.97 Å². The number of hydrogen-bond acceptors (Lipinski definition) is 3. The molecule has 0 saturated carbocycles. The first-order valence-corrected chi connectivity index (χ1v) is 6.53. The van der Waals surface area contributed by atoms with Crippen molar-refractivity contribution >= 4 is 11.7 Å². The molecule has 0 amide bonds. The molecule has 0 unspecified atom stereocenters. The van der Waals surface area contributed by atoms with Gasteiger partial charge in [-0.2, -0.15) is 0 Å². The van der Waals surface area contributed by atoms with Crippen LogP contribution >= 0.6 is 0 Å². The molecule has 0 N–H and O–H groups in total. The maximum absolute atomic E-state index is 11.8. The molecule has 2 aromatic carbocycles. The average molecular weight is 281 g/mol. The van der Waals surface area contributed by atoms with Crippen molar-refractivity contribution in [2.24, 2.45) is 5.11 Å². The quantitative estimate of drug-likeness (QED) is 0.356. The Morgan fingerprint density at radius 1 is 1.19 bits per heavy atom. The van der Waals surface area contributed by atoms with Gasteiger partial charge in [-0.1, -0.05) is 47.6 Å². The van der Waals surface area contributed by atoms with E-state index in [0.29, 0.717) is 5.69 Å². The van der Waals surface area contributed by atoms with Crippen LogP contribution in [0.3, 0.4) is 0 Å². The second-order valence-electron chi connectivity index (χ2n) is 4.63. The minimum atomic E-state index is -0.311. The van der Waals surface area contributed by atoms with E-state index in [4.69, 9.17) is 10.3 Å². The van der Waals surface area contributed by atoms with E-state index in [0.717, 1.165) is 16.7 Å². The lowest BCUT2D eigenvalue weighted by atomic mass is 10.1. The molecule has 106 valence electrons. The third-order valence-corrected chi connectivity index (χ3v) is 3.02. The molecule has 0 aliphatic rings. The molecular formula is C16H15N3O2. The van der Waals surface area contributed by atoms with Crippen LogP contribution in [0, 0.1) is 6.92 Å². The molecule has 0 fully saturated rings. The van der Waals surface area contributed by atoms with Crippen LogP contribution in [0.2, 0.25) is 0 Å². The largest absolute Gasteiger partial charge is 0.461 e. The third-order valence-electron chi connectivity index (χ3n) is 3.02. The molecule has 0 bridgehead atoms. The highest BCUT2D eigenvalue weighted by atomic mass is 16.5. The minimum absolute atomic E-state index is 0.154. The van der Waals surface area contributed by atoms with Crippen LogP contribution in [-0.2, 0) is 22.6 Å². The van der Waals surface area contributed by atoms with Gasteiger partial charge in [0.15, 0.2) is 0 Å². The summed E-state index contributed by atoms with van der Waals surface area (Å²) < 4.78 is 5.22. The van der Waals surface area contributed by atoms with E-state index in [1.54, 1.807) is 6.07 Å². The molecule has 0 radical (unpaired) electrons. The molecule has 2 aromatic rings. The lowest BCUT2D eigenvalue weighted by molar-refractivity contribution is -0.144. The first-order valence-electron chi connectivity index (χ1n) is 6.53. The Labute approximate surface area is 122 Å². The topological polar surface area (TPSA) is 75.1 Å². The predicted molar refractivity (Wildman–Crippen MR) is 79.9 cm³/mol. The predicted octanol–water partition coefficient (Wildman–Crippen LogP) is 4.22. The fourth-order valence-corrected chi connectivity index (χ4v) is 1.88. The summed E-state index contributed by atoms with van der Waals surface area (Å²) >= 11 is 0. The molecule has 5 nitrogen and oxygen atoms in total. The van der Waals surface area contributed by atoms with E-state index in [1.807, 2.05) is 49.4 Å². The number of ether oxygens (including phenoxy) is 1. The summed E-state index contributed by atoms with van der Waals surface area (Å²) in [5.74, 6) is -0.311. The van der Waals surface area contributed by atoms with Crippen LogP contribution in [0.4, 0.5) is 5.69 Å². The molecule has 21 heavy (non-hydrogen) atoms. The van der Waals surface area contributed by atoms with Gasteiger partial charge in [0.05, 0.1) is 6.42 Å². The second-order valence-corrected chi connectivity index (χ2v) is 4.63. The summed E-state index contributed by atoms with van der Waals surface area (Å²) in [5, 5.41) is 3.60.